The summed E-state index contributed by atoms with van der Waals surface area (Å²) in [6, 6.07) is 11.5. The summed E-state index contributed by atoms with van der Waals surface area (Å²) in [5.41, 5.74) is 0.832. The van der Waals surface area contributed by atoms with Gasteiger partial charge in [0, 0.05) is 25.2 Å². The van der Waals surface area contributed by atoms with Crippen molar-refractivity contribution < 1.29 is 13.9 Å². The molecule has 0 saturated carbocycles. The van der Waals surface area contributed by atoms with E-state index in [1.54, 1.807) is 13.3 Å². The van der Waals surface area contributed by atoms with Gasteiger partial charge in [-0.3, -0.25) is 4.99 Å². The van der Waals surface area contributed by atoms with Crippen LogP contribution in [-0.4, -0.2) is 39.6 Å². The maximum atomic E-state index is 5.79. The van der Waals surface area contributed by atoms with Crippen molar-refractivity contribution in [3.63, 3.8) is 0 Å². The molecule has 1 aromatic heterocycles. The molecule has 5 nitrogen and oxygen atoms in total. The van der Waals surface area contributed by atoms with Crippen LogP contribution in [0.15, 0.2) is 45.8 Å². The minimum atomic E-state index is 0.735. The average Bonchev–Trinajstić information content (AvgIpc) is 3.03. The van der Waals surface area contributed by atoms with E-state index in [1.807, 2.05) is 36.4 Å². The lowest BCUT2D eigenvalue weighted by atomic mass is 10.3. The molecule has 0 radical (unpaired) electrons. The van der Waals surface area contributed by atoms with E-state index in [0.717, 1.165) is 49.4 Å². The van der Waals surface area contributed by atoms with Crippen LogP contribution in [-0.2, 0) is 4.74 Å². The topological polar surface area (TPSA) is 47.2 Å². The van der Waals surface area contributed by atoms with Gasteiger partial charge < -0.3 is 18.8 Å². The van der Waals surface area contributed by atoms with Crippen molar-refractivity contribution in [3.05, 3.63) is 42.2 Å². The summed E-state index contributed by atoms with van der Waals surface area (Å²) in [6.45, 7) is 3.21. The van der Waals surface area contributed by atoms with Crippen molar-refractivity contribution in [2.75, 3.05) is 38.3 Å². The minimum absolute atomic E-state index is 0.735. The molecule has 1 aliphatic heterocycles. The van der Waals surface area contributed by atoms with E-state index < -0.39 is 0 Å². The Morgan fingerprint density at radius 2 is 2.05 bits per heavy atom. The first-order chi connectivity index (χ1) is 10.3. The lowest BCUT2D eigenvalue weighted by Gasteiger charge is -2.26. The highest BCUT2D eigenvalue weighted by atomic mass is 16.5. The lowest BCUT2D eigenvalue weighted by Crippen LogP contribution is -2.35. The minimum Gasteiger partial charge on any atom is -0.497 e. The monoisotopic (exact) mass is 286 g/mol. The highest BCUT2D eigenvalue weighted by molar-refractivity contribution is 5.79. The number of benzene rings is 1. The Morgan fingerprint density at radius 1 is 1.19 bits per heavy atom. The number of aliphatic imine (C=N–C) groups is 1. The van der Waals surface area contributed by atoms with Gasteiger partial charge in [-0.15, -0.1) is 0 Å². The predicted octanol–water partition coefficient (Wildman–Crippen LogP) is 2.88. The van der Waals surface area contributed by atoms with Crippen LogP contribution in [0.1, 0.15) is 5.76 Å². The summed E-state index contributed by atoms with van der Waals surface area (Å²) < 4.78 is 16.3. The number of morpholine rings is 1. The maximum Gasteiger partial charge on any atom is 0.196 e. The Hall–Kier alpha value is -2.27. The van der Waals surface area contributed by atoms with Gasteiger partial charge in [0.15, 0.2) is 5.88 Å². The van der Waals surface area contributed by atoms with Crippen molar-refractivity contribution >= 4 is 17.8 Å². The lowest BCUT2D eigenvalue weighted by molar-refractivity contribution is 0.120. The van der Waals surface area contributed by atoms with E-state index in [9.17, 15) is 0 Å². The van der Waals surface area contributed by atoms with Crippen LogP contribution >= 0.6 is 0 Å². The van der Waals surface area contributed by atoms with Gasteiger partial charge in [-0.25, -0.2) is 0 Å². The molecule has 0 atom stereocenters. The number of hydrogen-bond acceptors (Lipinski definition) is 5. The molecule has 0 bridgehead atoms. The normalized spacial score (nSPS) is 15.6. The Balaban J connectivity index is 1.69. The van der Waals surface area contributed by atoms with Gasteiger partial charge in [0.25, 0.3) is 0 Å². The van der Waals surface area contributed by atoms with Gasteiger partial charge in [-0.2, -0.15) is 0 Å². The summed E-state index contributed by atoms with van der Waals surface area (Å²) in [5, 5.41) is 0. The third kappa shape index (κ3) is 3.44. The van der Waals surface area contributed by atoms with E-state index in [1.165, 1.54) is 0 Å². The SMILES string of the molecule is COc1cccc(N=Cc2ccc(N3CCOCC3)o2)c1. The first-order valence-electron chi connectivity index (χ1n) is 6.96. The molecule has 2 aromatic rings. The summed E-state index contributed by atoms with van der Waals surface area (Å²) >= 11 is 0. The molecule has 0 aliphatic carbocycles. The van der Waals surface area contributed by atoms with Crippen LogP contribution in [0, 0.1) is 0 Å². The number of furan rings is 1. The van der Waals surface area contributed by atoms with Crippen molar-refractivity contribution in [2.45, 2.75) is 0 Å². The molecule has 0 spiro atoms. The van der Waals surface area contributed by atoms with Crippen molar-refractivity contribution in [2.24, 2.45) is 4.99 Å². The smallest absolute Gasteiger partial charge is 0.196 e. The van der Waals surface area contributed by atoms with Gasteiger partial charge in [0.05, 0.1) is 32.2 Å². The van der Waals surface area contributed by atoms with Gasteiger partial charge in [0.2, 0.25) is 0 Å². The quantitative estimate of drug-likeness (QED) is 0.811. The summed E-state index contributed by atoms with van der Waals surface area (Å²) in [5.74, 6) is 2.39. The first-order valence-corrected chi connectivity index (χ1v) is 6.96. The van der Waals surface area contributed by atoms with Crippen LogP contribution in [0.25, 0.3) is 0 Å². The summed E-state index contributed by atoms with van der Waals surface area (Å²) in [4.78, 5) is 6.57. The van der Waals surface area contributed by atoms with Crippen LogP contribution < -0.4 is 9.64 Å². The summed E-state index contributed by atoms with van der Waals surface area (Å²) in [7, 11) is 1.64. The zero-order valence-electron chi connectivity index (χ0n) is 12.0. The molecule has 21 heavy (non-hydrogen) atoms. The average molecular weight is 286 g/mol. The Morgan fingerprint density at radius 3 is 2.86 bits per heavy atom. The third-order valence-corrected chi connectivity index (χ3v) is 3.33. The molecule has 1 fully saturated rings. The van der Waals surface area contributed by atoms with E-state index in [0.29, 0.717) is 0 Å². The Labute approximate surface area is 123 Å². The van der Waals surface area contributed by atoms with Crippen molar-refractivity contribution in [1.29, 1.82) is 0 Å². The second-order valence-corrected chi connectivity index (χ2v) is 4.74. The fourth-order valence-corrected chi connectivity index (χ4v) is 2.19. The molecular weight excluding hydrogens is 268 g/mol. The summed E-state index contributed by atoms with van der Waals surface area (Å²) in [6.07, 6.45) is 1.72. The molecule has 1 aromatic carbocycles. The molecule has 1 saturated heterocycles. The molecular formula is C16H18N2O3. The van der Waals surface area contributed by atoms with Crippen LogP contribution in [0.4, 0.5) is 11.6 Å². The number of anilines is 1. The van der Waals surface area contributed by atoms with Gasteiger partial charge in [0.1, 0.15) is 11.5 Å². The zero-order chi connectivity index (χ0) is 14.5. The Bertz CT molecular complexity index is 615. The van der Waals surface area contributed by atoms with Crippen LogP contribution in [0.5, 0.6) is 5.75 Å². The molecule has 0 unspecified atom stereocenters. The van der Waals surface area contributed by atoms with E-state index >= 15 is 0 Å². The van der Waals surface area contributed by atoms with E-state index in [2.05, 4.69) is 9.89 Å². The molecule has 2 heterocycles. The second kappa shape index (κ2) is 6.45. The van der Waals surface area contributed by atoms with E-state index in [4.69, 9.17) is 13.9 Å². The second-order valence-electron chi connectivity index (χ2n) is 4.74. The highest BCUT2D eigenvalue weighted by Gasteiger charge is 2.13. The maximum absolute atomic E-state index is 5.79. The molecule has 0 amide bonds. The Kier molecular flexibility index (Phi) is 4.21. The molecule has 0 N–H and O–H groups in total. The van der Waals surface area contributed by atoms with Crippen molar-refractivity contribution in [1.82, 2.24) is 0 Å². The molecule has 110 valence electrons. The van der Waals surface area contributed by atoms with Gasteiger partial charge in [-0.05, 0) is 18.2 Å². The fourth-order valence-electron chi connectivity index (χ4n) is 2.19. The van der Waals surface area contributed by atoms with E-state index in [-0.39, 0.29) is 0 Å². The number of rotatable bonds is 4. The first kappa shape index (κ1) is 13.7. The van der Waals surface area contributed by atoms with Gasteiger partial charge in [-0.1, -0.05) is 6.07 Å². The molecule has 1 aliphatic rings. The van der Waals surface area contributed by atoms with Crippen molar-refractivity contribution in [3.8, 4) is 5.75 Å². The number of nitrogens with zero attached hydrogens (tertiary/aromatic N) is 2. The number of methoxy groups -OCH3 is 1. The largest absolute Gasteiger partial charge is 0.497 e. The third-order valence-electron chi connectivity index (χ3n) is 3.33. The molecule has 5 heteroatoms. The fraction of sp³-hybridized carbons (Fsp3) is 0.312. The standard InChI is InChI=1S/C16H18N2O3/c1-19-14-4-2-3-13(11-14)17-12-15-5-6-16(21-15)18-7-9-20-10-8-18/h2-6,11-12H,7-10H2,1H3. The highest BCUT2D eigenvalue weighted by Crippen LogP contribution is 2.21. The van der Waals surface area contributed by atoms with Crippen LogP contribution in [0.3, 0.4) is 0 Å². The molecule has 3 rings (SSSR count). The van der Waals surface area contributed by atoms with Crippen LogP contribution in [0.2, 0.25) is 0 Å². The number of ether oxygens (including phenoxy) is 2. The number of hydrogen-bond donors (Lipinski definition) is 0. The zero-order valence-corrected chi connectivity index (χ0v) is 12.0. The van der Waals surface area contributed by atoms with Gasteiger partial charge >= 0.3 is 0 Å². The predicted molar refractivity (Wildman–Crippen MR) is 82.0 cm³/mol.